The van der Waals surface area contributed by atoms with Gasteiger partial charge in [0.2, 0.25) is 11.8 Å². The third-order valence-electron chi connectivity index (χ3n) is 5.64. The number of rotatable bonds is 8. The second-order valence-corrected chi connectivity index (χ2v) is 8.44. The molecule has 3 aromatic heterocycles. The number of nitrogens with one attached hydrogen (secondary N) is 3. The predicted octanol–water partition coefficient (Wildman–Crippen LogP) is 3.31. The lowest BCUT2D eigenvalue weighted by atomic mass is 9.80. The number of fused-ring (bicyclic) bond motifs is 1. The van der Waals surface area contributed by atoms with Crippen molar-refractivity contribution in [3.8, 4) is 11.1 Å². The van der Waals surface area contributed by atoms with Gasteiger partial charge in [0.1, 0.15) is 17.7 Å². The van der Waals surface area contributed by atoms with E-state index < -0.39 is 30.1 Å². The summed E-state index contributed by atoms with van der Waals surface area (Å²) in [5, 5.41) is 5.40. The third kappa shape index (κ3) is 5.86. The first-order valence-corrected chi connectivity index (χ1v) is 10.9. The zero-order valence-electron chi connectivity index (χ0n) is 19.5. The fourth-order valence-electron chi connectivity index (χ4n) is 3.65. The van der Waals surface area contributed by atoms with E-state index in [4.69, 9.17) is 5.73 Å². The minimum absolute atomic E-state index is 0.226. The van der Waals surface area contributed by atoms with Crippen molar-refractivity contribution in [3.05, 3.63) is 60.2 Å². The summed E-state index contributed by atoms with van der Waals surface area (Å²) in [6, 6.07) is 3.51. The minimum Gasteiger partial charge on any atom is -0.348 e. The number of nitrogens with zero attached hydrogens (tertiary/aromatic N) is 2. The van der Waals surface area contributed by atoms with Crippen LogP contribution in [-0.2, 0) is 21.7 Å². The van der Waals surface area contributed by atoms with Crippen molar-refractivity contribution >= 4 is 22.8 Å². The molecule has 0 spiro atoms. The highest BCUT2D eigenvalue weighted by Gasteiger charge is 2.41. The number of hydrogen-bond acceptors (Lipinski definition) is 5. The van der Waals surface area contributed by atoms with Crippen LogP contribution in [0.2, 0.25) is 0 Å². The van der Waals surface area contributed by atoms with E-state index in [1.807, 2.05) is 11.4 Å². The number of nitrogens with two attached hydrogens (primary N) is 1. The van der Waals surface area contributed by atoms with E-state index in [0.29, 0.717) is 16.8 Å². The number of aromatic nitrogens is 3. The molecule has 8 nitrogen and oxygen atoms in total. The Kier molecular flexibility index (Phi) is 7.59. The number of hydrogen-bond donors (Lipinski definition) is 4. The van der Waals surface area contributed by atoms with Crippen LogP contribution in [0.3, 0.4) is 0 Å². The average molecular weight is 489 g/mol. The van der Waals surface area contributed by atoms with Gasteiger partial charge in [-0.25, -0.2) is 4.98 Å². The van der Waals surface area contributed by atoms with E-state index in [1.165, 1.54) is 12.3 Å². The SMILES string of the molecule is CC=CC(=O)NCc1cnc2[nH]cc(-c3cncc([C@@](N)(C(=O)NCC(F)(F)F)C(C)C)c3)c2c1. The fourth-order valence-corrected chi connectivity index (χ4v) is 3.65. The number of amides is 2. The summed E-state index contributed by atoms with van der Waals surface area (Å²) < 4.78 is 38.0. The number of H-pyrrole nitrogens is 1. The minimum atomic E-state index is -4.56. The molecule has 35 heavy (non-hydrogen) atoms. The molecule has 186 valence electrons. The van der Waals surface area contributed by atoms with E-state index in [0.717, 1.165) is 10.9 Å². The maximum absolute atomic E-state index is 12.8. The van der Waals surface area contributed by atoms with Crippen molar-refractivity contribution in [1.29, 1.82) is 0 Å². The smallest absolute Gasteiger partial charge is 0.348 e. The summed E-state index contributed by atoms with van der Waals surface area (Å²) in [4.78, 5) is 36.1. The Labute approximate surface area is 200 Å². The molecule has 3 rings (SSSR count). The van der Waals surface area contributed by atoms with Crippen LogP contribution in [0.5, 0.6) is 0 Å². The Morgan fingerprint density at radius 1 is 1.17 bits per heavy atom. The molecule has 3 heterocycles. The van der Waals surface area contributed by atoms with Crippen LogP contribution in [-0.4, -0.2) is 39.5 Å². The highest BCUT2D eigenvalue weighted by Crippen LogP contribution is 2.33. The molecule has 0 aliphatic rings. The molecule has 5 N–H and O–H groups in total. The summed E-state index contributed by atoms with van der Waals surface area (Å²) in [6.07, 6.45) is 4.81. The van der Waals surface area contributed by atoms with E-state index >= 15 is 0 Å². The molecule has 0 fully saturated rings. The van der Waals surface area contributed by atoms with Gasteiger partial charge in [0.05, 0.1) is 0 Å². The summed E-state index contributed by atoms with van der Waals surface area (Å²) in [5.41, 5.74) is 7.62. The number of halogens is 3. The number of allylic oxidation sites excluding steroid dienone is 1. The zero-order valence-corrected chi connectivity index (χ0v) is 19.5. The van der Waals surface area contributed by atoms with Crippen LogP contribution in [0.1, 0.15) is 31.9 Å². The molecule has 0 aliphatic heterocycles. The second kappa shape index (κ2) is 10.3. The van der Waals surface area contributed by atoms with Gasteiger partial charge in [0.25, 0.3) is 0 Å². The van der Waals surface area contributed by atoms with Crippen LogP contribution in [0.25, 0.3) is 22.2 Å². The Morgan fingerprint density at radius 3 is 2.57 bits per heavy atom. The van der Waals surface area contributed by atoms with Crippen LogP contribution in [0.15, 0.2) is 49.1 Å². The van der Waals surface area contributed by atoms with Gasteiger partial charge in [-0.05, 0) is 36.6 Å². The molecule has 0 saturated carbocycles. The molecule has 2 amide bonds. The molecule has 0 aromatic carbocycles. The van der Waals surface area contributed by atoms with E-state index in [9.17, 15) is 22.8 Å². The molecular weight excluding hydrogens is 461 g/mol. The van der Waals surface area contributed by atoms with Crippen LogP contribution in [0, 0.1) is 5.92 Å². The first-order chi connectivity index (χ1) is 16.5. The molecule has 3 aromatic rings. The van der Waals surface area contributed by atoms with Gasteiger partial charge in [-0.2, -0.15) is 13.2 Å². The normalized spacial score (nSPS) is 13.8. The highest BCUT2D eigenvalue weighted by atomic mass is 19.4. The average Bonchev–Trinajstić information content (AvgIpc) is 3.23. The lowest BCUT2D eigenvalue weighted by Gasteiger charge is -2.32. The maximum atomic E-state index is 12.8. The second-order valence-electron chi connectivity index (χ2n) is 8.44. The zero-order chi connectivity index (χ0) is 25.8. The highest BCUT2D eigenvalue weighted by molar-refractivity contribution is 5.94. The van der Waals surface area contributed by atoms with Crippen LogP contribution < -0.4 is 16.4 Å². The number of pyridine rings is 2. The van der Waals surface area contributed by atoms with Crippen molar-refractivity contribution in [2.24, 2.45) is 11.7 Å². The lowest BCUT2D eigenvalue weighted by molar-refractivity contribution is -0.143. The van der Waals surface area contributed by atoms with Gasteiger partial charge >= 0.3 is 6.18 Å². The maximum Gasteiger partial charge on any atom is 0.405 e. The Bertz CT molecular complexity index is 1250. The summed E-state index contributed by atoms with van der Waals surface area (Å²) in [6.45, 7) is 3.85. The van der Waals surface area contributed by atoms with E-state index in [-0.39, 0.29) is 18.0 Å². The number of carbonyl (C=O) groups excluding carboxylic acids is 2. The Balaban J connectivity index is 1.96. The van der Waals surface area contributed by atoms with Gasteiger partial charge in [0, 0.05) is 53.4 Å². The van der Waals surface area contributed by atoms with E-state index in [2.05, 4.69) is 20.3 Å². The molecule has 11 heteroatoms. The third-order valence-corrected chi connectivity index (χ3v) is 5.64. The molecule has 0 unspecified atom stereocenters. The summed E-state index contributed by atoms with van der Waals surface area (Å²) in [5.74, 6) is -1.69. The fraction of sp³-hybridized carbons (Fsp3) is 0.333. The van der Waals surface area contributed by atoms with Gasteiger partial charge in [-0.3, -0.25) is 14.6 Å². The standard InChI is InChI=1S/C24H27F3N6O2/c1-4-5-20(34)30-8-15-6-18-19(12-32-21(18)31-9-15)16-7-17(11-29-10-16)24(28,14(2)3)22(35)33-13-23(25,26)27/h4-7,9-12,14H,8,13,28H2,1-3H3,(H,30,34)(H,31,32)(H,33,35)/t24-/m1/s1. The molecular formula is C24H27F3N6O2. The van der Waals surface area contributed by atoms with Crippen molar-refractivity contribution in [2.45, 2.75) is 39.0 Å². The first-order valence-electron chi connectivity index (χ1n) is 10.9. The summed E-state index contributed by atoms with van der Waals surface area (Å²) in [7, 11) is 0. The molecule has 0 saturated heterocycles. The number of alkyl halides is 3. The quantitative estimate of drug-likeness (QED) is 0.362. The van der Waals surface area contributed by atoms with Crippen LogP contribution >= 0.6 is 0 Å². The Morgan fingerprint density at radius 2 is 1.91 bits per heavy atom. The van der Waals surface area contributed by atoms with Crippen molar-refractivity contribution in [1.82, 2.24) is 25.6 Å². The largest absolute Gasteiger partial charge is 0.405 e. The van der Waals surface area contributed by atoms with Crippen molar-refractivity contribution in [2.75, 3.05) is 6.54 Å². The molecule has 0 radical (unpaired) electrons. The van der Waals surface area contributed by atoms with Gasteiger partial charge < -0.3 is 21.4 Å². The van der Waals surface area contributed by atoms with E-state index in [1.54, 1.807) is 51.5 Å². The summed E-state index contributed by atoms with van der Waals surface area (Å²) >= 11 is 0. The van der Waals surface area contributed by atoms with Crippen molar-refractivity contribution < 1.29 is 22.8 Å². The monoisotopic (exact) mass is 488 g/mol. The molecule has 0 bridgehead atoms. The number of carbonyl (C=O) groups is 2. The topological polar surface area (TPSA) is 126 Å². The van der Waals surface area contributed by atoms with Crippen molar-refractivity contribution in [3.63, 3.8) is 0 Å². The molecule has 0 aliphatic carbocycles. The Hall–Kier alpha value is -3.73. The van der Waals surface area contributed by atoms with Gasteiger partial charge in [-0.15, -0.1) is 0 Å². The van der Waals surface area contributed by atoms with Crippen LogP contribution in [0.4, 0.5) is 13.2 Å². The molecule has 1 atom stereocenters. The number of aromatic amines is 1. The van der Waals surface area contributed by atoms with Gasteiger partial charge in [0.15, 0.2) is 0 Å². The lowest BCUT2D eigenvalue weighted by Crippen LogP contribution is -2.56. The van der Waals surface area contributed by atoms with Gasteiger partial charge in [-0.1, -0.05) is 19.9 Å². The first kappa shape index (κ1) is 25.9. The predicted molar refractivity (Wildman–Crippen MR) is 126 cm³/mol.